The Labute approximate surface area is 205 Å². The highest BCUT2D eigenvalue weighted by atomic mass is 32.1. The van der Waals surface area contributed by atoms with Gasteiger partial charge in [0.05, 0.1) is 25.0 Å². The number of nitrogens with zero attached hydrogens (tertiary/aromatic N) is 1. The molecule has 0 bridgehead atoms. The maximum absolute atomic E-state index is 12.8. The quantitative estimate of drug-likeness (QED) is 0.352. The number of aromatic nitrogens is 1. The lowest BCUT2D eigenvalue weighted by molar-refractivity contribution is -0.150. The minimum Gasteiger partial charge on any atom is -0.496 e. The van der Waals surface area contributed by atoms with Crippen LogP contribution in [0.1, 0.15) is 28.6 Å². The number of carboxylic acids is 1. The largest absolute Gasteiger partial charge is 0.496 e. The second-order valence-corrected chi connectivity index (χ2v) is 8.74. The number of hydrogen-bond donors (Lipinski definition) is 1. The number of benzene rings is 2. The summed E-state index contributed by atoms with van der Waals surface area (Å²) in [5.41, 5.74) is 1.43. The lowest BCUT2D eigenvalue weighted by Gasteiger charge is -2.16. The fourth-order valence-corrected chi connectivity index (χ4v) is 4.50. The lowest BCUT2D eigenvalue weighted by Crippen LogP contribution is -2.26. The number of rotatable bonds is 11. The Bertz CT molecular complexity index is 1140. The van der Waals surface area contributed by atoms with E-state index < -0.39 is 23.8 Å². The molecule has 3 aromatic rings. The number of thiazole rings is 1. The standard InChI is InChI=1S/C25H26F3NO5S/c1-4-33-21(24(30)31)13-17-7-10-19(14-20(17)32-3)34-12-11-22-15(2)29-23(35-22)16-5-8-18(9-6-16)25(26,27)28/h5-10,14,21H,4,11-13H2,1-3H3,(H,30,31)/t21-/m0/s1. The number of halogens is 3. The molecule has 1 aromatic heterocycles. The number of aryl methyl sites for hydroxylation is 1. The lowest BCUT2D eigenvalue weighted by atomic mass is 10.1. The van der Waals surface area contributed by atoms with Crippen molar-refractivity contribution in [3.05, 3.63) is 64.2 Å². The van der Waals surface area contributed by atoms with Crippen LogP contribution in [0.2, 0.25) is 0 Å². The maximum Gasteiger partial charge on any atom is 0.416 e. The van der Waals surface area contributed by atoms with E-state index in [1.165, 1.54) is 30.6 Å². The average Bonchev–Trinajstić information content (AvgIpc) is 3.19. The number of alkyl halides is 3. The summed E-state index contributed by atoms with van der Waals surface area (Å²) in [6, 6.07) is 10.2. The van der Waals surface area contributed by atoms with Crippen LogP contribution in [-0.2, 0) is 28.5 Å². The molecular formula is C25H26F3NO5S. The highest BCUT2D eigenvalue weighted by Gasteiger charge is 2.30. The smallest absolute Gasteiger partial charge is 0.416 e. The molecule has 1 N–H and O–H groups in total. The van der Waals surface area contributed by atoms with Crippen LogP contribution >= 0.6 is 11.3 Å². The van der Waals surface area contributed by atoms with Gasteiger partial charge < -0.3 is 19.3 Å². The van der Waals surface area contributed by atoms with Gasteiger partial charge in [0.15, 0.2) is 6.10 Å². The second-order valence-electron chi connectivity index (χ2n) is 7.66. The van der Waals surface area contributed by atoms with Gasteiger partial charge >= 0.3 is 12.1 Å². The molecule has 0 saturated carbocycles. The average molecular weight is 510 g/mol. The summed E-state index contributed by atoms with van der Waals surface area (Å²) >= 11 is 1.42. The molecule has 6 nitrogen and oxygen atoms in total. The Morgan fingerprint density at radius 3 is 2.49 bits per heavy atom. The van der Waals surface area contributed by atoms with Crippen LogP contribution in [0.4, 0.5) is 13.2 Å². The predicted octanol–water partition coefficient (Wildman–Crippen LogP) is 5.80. The van der Waals surface area contributed by atoms with E-state index in [-0.39, 0.29) is 13.0 Å². The van der Waals surface area contributed by atoms with Crippen molar-refractivity contribution in [2.24, 2.45) is 0 Å². The summed E-state index contributed by atoms with van der Waals surface area (Å²) in [5.74, 6) is 0.0378. The normalized spacial score (nSPS) is 12.4. The molecular weight excluding hydrogens is 483 g/mol. The summed E-state index contributed by atoms with van der Waals surface area (Å²) in [4.78, 5) is 16.8. The number of carboxylic acid groups (broad SMARTS) is 1. The highest BCUT2D eigenvalue weighted by molar-refractivity contribution is 7.15. The first-order valence-corrected chi connectivity index (χ1v) is 11.7. The van der Waals surface area contributed by atoms with Gasteiger partial charge in [0, 0.05) is 36.0 Å². The zero-order chi connectivity index (χ0) is 25.6. The van der Waals surface area contributed by atoms with Crippen molar-refractivity contribution in [2.45, 2.75) is 39.0 Å². The van der Waals surface area contributed by atoms with Gasteiger partial charge in [-0.15, -0.1) is 11.3 Å². The topological polar surface area (TPSA) is 77.9 Å². The van der Waals surface area contributed by atoms with E-state index in [4.69, 9.17) is 14.2 Å². The third kappa shape index (κ3) is 6.95. The van der Waals surface area contributed by atoms with E-state index in [0.29, 0.717) is 40.7 Å². The van der Waals surface area contributed by atoms with Gasteiger partial charge in [-0.1, -0.05) is 18.2 Å². The molecule has 35 heavy (non-hydrogen) atoms. The Balaban J connectivity index is 1.63. The predicted molar refractivity (Wildman–Crippen MR) is 126 cm³/mol. The van der Waals surface area contributed by atoms with Crippen LogP contribution in [0.5, 0.6) is 11.5 Å². The highest BCUT2D eigenvalue weighted by Crippen LogP contribution is 2.33. The fraction of sp³-hybridized carbons (Fsp3) is 0.360. The van der Waals surface area contributed by atoms with E-state index in [0.717, 1.165) is 22.7 Å². The first-order chi connectivity index (χ1) is 16.6. The molecule has 3 rings (SSSR count). The Morgan fingerprint density at radius 2 is 1.89 bits per heavy atom. The van der Waals surface area contributed by atoms with Gasteiger partial charge in [-0.05, 0) is 37.6 Å². The number of carbonyl (C=O) groups is 1. The number of hydrogen-bond acceptors (Lipinski definition) is 6. The molecule has 1 heterocycles. The molecule has 0 amide bonds. The van der Waals surface area contributed by atoms with Crippen LogP contribution < -0.4 is 9.47 Å². The first-order valence-electron chi connectivity index (χ1n) is 10.9. The molecule has 2 aromatic carbocycles. The molecule has 0 spiro atoms. The SMILES string of the molecule is CCO[C@@H](Cc1ccc(OCCc2sc(-c3ccc(C(F)(F)F)cc3)nc2C)cc1OC)C(=O)O. The van der Waals surface area contributed by atoms with Crippen molar-refractivity contribution >= 4 is 17.3 Å². The third-order valence-corrected chi connectivity index (χ3v) is 6.52. The number of ether oxygens (including phenoxy) is 3. The van der Waals surface area contributed by atoms with E-state index in [2.05, 4.69) is 4.98 Å². The first kappa shape index (κ1) is 26.5. The Hall–Kier alpha value is -3.11. The zero-order valence-electron chi connectivity index (χ0n) is 19.5. The van der Waals surface area contributed by atoms with Crippen LogP contribution in [-0.4, -0.2) is 42.5 Å². The molecule has 188 valence electrons. The molecule has 10 heteroatoms. The molecule has 0 aliphatic rings. The van der Waals surface area contributed by atoms with E-state index in [9.17, 15) is 23.1 Å². The van der Waals surface area contributed by atoms with Gasteiger partial charge in [0.1, 0.15) is 16.5 Å². The van der Waals surface area contributed by atoms with Crippen LogP contribution in [0.15, 0.2) is 42.5 Å². The van der Waals surface area contributed by atoms with Crippen LogP contribution in [0.3, 0.4) is 0 Å². The van der Waals surface area contributed by atoms with E-state index in [1.54, 1.807) is 25.1 Å². The van der Waals surface area contributed by atoms with E-state index in [1.807, 2.05) is 6.92 Å². The van der Waals surface area contributed by atoms with Crippen molar-refractivity contribution in [2.75, 3.05) is 20.3 Å². The van der Waals surface area contributed by atoms with Gasteiger partial charge in [-0.2, -0.15) is 13.2 Å². The Kier molecular flexibility index (Phi) is 8.74. The van der Waals surface area contributed by atoms with Crippen molar-refractivity contribution < 1.29 is 37.3 Å². The summed E-state index contributed by atoms with van der Waals surface area (Å²) in [6.07, 6.45) is -4.60. The molecule has 1 atom stereocenters. The molecule has 0 unspecified atom stereocenters. The maximum atomic E-state index is 12.8. The van der Waals surface area contributed by atoms with Crippen molar-refractivity contribution in [1.29, 1.82) is 0 Å². The van der Waals surface area contributed by atoms with Gasteiger partial charge in [-0.25, -0.2) is 9.78 Å². The third-order valence-electron chi connectivity index (χ3n) is 5.26. The van der Waals surface area contributed by atoms with E-state index >= 15 is 0 Å². The summed E-state index contributed by atoms with van der Waals surface area (Å²) < 4.78 is 54.9. The minimum atomic E-state index is -4.37. The number of methoxy groups -OCH3 is 1. The number of aliphatic carboxylic acids is 1. The Morgan fingerprint density at radius 1 is 1.17 bits per heavy atom. The van der Waals surface area contributed by atoms with Gasteiger partial charge in [-0.3, -0.25) is 0 Å². The van der Waals surface area contributed by atoms with Crippen LogP contribution in [0, 0.1) is 6.92 Å². The summed E-state index contributed by atoms with van der Waals surface area (Å²) in [5, 5.41) is 9.96. The summed E-state index contributed by atoms with van der Waals surface area (Å²) in [6.45, 7) is 4.24. The van der Waals surface area contributed by atoms with Gasteiger partial charge in [0.2, 0.25) is 0 Å². The zero-order valence-corrected chi connectivity index (χ0v) is 20.3. The molecule has 0 aliphatic heterocycles. The summed E-state index contributed by atoms with van der Waals surface area (Å²) in [7, 11) is 1.50. The fourth-order valence-electron chi connectivity index (χ4n) is 3.45. The van der Waals surface area contributed by atoms with Crippen molar-refractivity contribution in [1.82, 2.24) is 4.98 Å². The molecule has 0 radical (unpaired) electrons. The van der Waals surface area contributed by atoms with Crippen molar-refractivity contribution in [3.63, 3.8) is 0 Å². The van der Waals surface area contributed by atoms with Crippen molar-refractivity contribution in [3.8, 4) is 22.1 Å². The van der Waals surface area contributed by atoms with Crippen LogP contribution in [0.25, 0.3) is 10.6 Å². The molecule has 0 fully saturated rings. The molecule has 0 aliphatic carbocycles. The minimum absolute atomic E-state index is 0.166. The monoisotopic (exact) mass is 509 g/mol. The second kappa shape index (κ2) is 11.5. The van der Waals surface area contributed by atoms with Gasteiger partial charge in [0.25, 0.3) is 0 Å². The molecule has 0 saturated heterocycles.